The molecule has 0 spiro atoms. The van der Waals surface area contributed by atoms with Crippen molar-refractivity contribution in [2.24, 2.45) is 0 Å². The molecule has 1 aromatic heterocycles. The van der Waals surface area contributed by atoms with Crippen LogP contribution in [0.5, 0.6) is 0 Å². The highest BCUT2D eigenvalue weighted by Gasteiger charge is 2.45. The average Bonchev–Trinajstić information content (AvgIpc) is 3.18. The number of likely N-dealkylation sites (tertiary alicyclic amines) is 1. The summed E-state index contributed by atoms with van der Waals surface area (Å²) < 4.78 is 6.97. The first-order valence-electron chi connectivity index (χ1n) is 7.68. The lowest BCUT2D eigenvalue weighted by Crippen LogP contribution is -2.54. The monoisotopic (exact) mass is 307 g/mol. The number of carboxylic acid groups (broad SMARTS) is 1. The summed E-state index contributed by atoms with van der Waals surface area (Å²) in [5, 5.41) is 13.9. The molecule has 120 valence electrons. The van der Waals surface area contributed by atoms with Crippen LogP contribution in [-0.4, -0.2) is 57.5 Å². The summed E-state index contributed by atoms with van der Waals surface area (Å²) >= 11 is 0. The van der Waals surface area contributed by atoms with Crippen molar-refractivity contribution in [3.8, 4) is 0 Å². The summed E-state index contributed by atoms with van der Waals surface area (Å²) in [5.41, 5.74) is -0.125. The van der Waals surface area contributed by atoms with E-state index in [0.717, 1.165) is 18.4 Å². The molecule has 0 saturated carbocycles. The van der Waals surface area contributed by atoms with E-state index >= 15 is 0 Å². The number of ether oxygens (including phenoxy) is 1. The number of aryl methyl sites for hydroxylation is 1. The SMILES string of the molecule is Cc1cnn(C2(C(=O)O)CCN(C(=O)C3CCCO3)CC2)c1. The second-order valence-corrected chi connectivity index (χ2v) is 6.13. The lowest BCUT2D eigenvalue weighted by molar-refractivity contribution is -0.155. The molecule has 0 aliphatic carbocycles. The molecule has 0 aromatic carbocycles. The third kappa shape index (κ3) is 2.49. The van der Waals surface area contributed by atoms with Crippen LogP contribution in [0.1, 0.15) is 31.2 Å². The molecule has 22 heavy (non-hydrogen) atoms. The summed E-state index contributed by atoms with van der Waals surface area (Å²) in [5.74, 6) is -0.895. The van der Waals surface area contributed by atoms with E-state index in [9.17, 15) is 14.7 Å². The first kappa shape index (κ1) is 15.0. The minimum atomic E-state index is -1.05. The second-order valence-electron chi connectivity index (χ2n) is 6.13. The summed E-state index contributed by atoms with van der Waals surface area (Å²) in [6.45, 7) is 3.36. The predicted molar refractivity (Wildman–Crippen MR) is 77.4 cm³/mol. The van der Waals surface area contributed by atoms with Gasteiger partial charge in [0.15, 0.2) is 5.54 Å². The lowest BCUT2D eigenvalue weighted by atomic mass is 9.87. The molecule has 2 aliphatic heterocycles. The number of hydrogen-bond donors (Lipinski definition) is 1. The standard InChI is InChI=1S/C15H21N3O4/c1-11-9-16-18(10-11)15(14(20)21)4-6-17(7-5-15)13(19)12-3-2-8-22-12/h9-10,12H,2-8H2,1H3,(H,20,21). The fourth-order valence-corrected chi connectivity index (χ4v) is 3.26. The largest absolute Gasteiger partial charge is 0.479 e. The minimum absolute atomic E-state index is 0.00636. The van der Waals surface area contributed by atoms with Crippen LogP contribution in [0.15, 0.2) is 12.4 Å². The van der Waals surface area contributed by atoms with E-state index in [1.165, 1.54) is 0 Å². The first-order valence-corrected chi connectivity index (χ1v) is 7.68. The summed E-state index contributed by atoms with van der Waals surface area (Å²) in [4.78, 5) is 25.9. The molecule has 0 radical (unpaired) electrons. The minimum Gasteiger partial charge on any atom is -0.479 e. The van der Waals surface area contributed by atoms with Gasteiger partial charge in [-0.05, 0) is 25.3 Å². The Hall–Kier alpha value is -1.89. The third-order valence-corrected chi connectivity index (χ3v) is 4.66. The molecule has 7 nitrogen and oxygen atoms in total. The molecule has 0 bridgehead atoms. The average molecular weight is 307 g/mol. The Labute approximate surface area is 128 Å². The Kier molecular flexibility index (Phi) is 3.90. The van der Waals surface area contributed by atoms with Crippen LogP contribution in [0.4, 0.5) is 0 Å². The van der Waals surface area contributed by atoms with Gasteiger partial charge in [0.1, 0.15) is 6.10 Å². The van der Waals surface area contributed by atoms with Gasteiger partial charge in [-0.1, -0.05) is 0 Å². The maximum atomic E-state index is 12.4. The highest BCUT2D eigenvalue weighted by atomic mass is 16.5. The lowest BCUT2D eigenvalue weighted by Gasteiger charge is -2.39. The third-order valence-electron chi connectivity index (χ3n) is 4.66. The quantitative estimate of drug-likeness (QED) is 0.891. The van der Waals surface area contributed by atoms with Gasteiger partial charge in [-0.15, -0.1) is 0 Å². The molecule has 7 heteroatoms. The number of hydrogen-bond acceptors (Lipinski definition) is 4. The maximum Gasteiger partial charge on any atom is 0.331 e. The van der Waals surface area contributed by atoms with Gasteiger partial charge in [-0.25, -0.2) is 4.79 Å². The van der Waals surface area contributed by atoms with Gasteiger partial charge in [-0.3, -0.25) is 9.48 Å². The van der Waals surface area contributed by atoms with Crippen LogP contribution >= 0.6 is 0 Å². The van der Waals surface area contributed by atoms with Crippen LogP contribution in [0, 0.1) is 6.92 Å². The second kappa shape index (κ2) is 5.72. The predicted octanol–water partition coefficient (Wildman–Crippen LogP) is 0.773. The van der Waals surface area contributed by atoms with E-state index in [0.29, 0.717) is 32.5 Å². The number of amides is 1. The van der Waals surface area contributed by atoms with Gasteiger partial charge in [0.2, 0.25) is 0 Å². The highest BCUT2D eigenvalue weighted by Crippen LogP contribution is 2.31. The smallest absolute Gasteiger partial charge is 0.331 e. The van der Waals surface area contributed by atoms with E-state index < -0.39 is 11.5 Å². The fraction of sp³-hybridized carbons (Fsp3) is 0.667. The Morgan fingerprint density at radius 1 is 1.41 bits per heavy atom. The normalized spacial score (nSPS) is 24.4. The number of carbonyl (C=O) groups excluding carboxylic acids is 1. The molecule has 1 unspecified atom stereocenters. The van der Waals surface area contributed by atoms with Crippen molar-refractivity contribution in [3.63, 3.8) is 0 Å². The van der Waals surface area contributed by atoms with Gasteiger partial charge in [0.05, 0.1) is 6.20 Å². The molecular formula is C15H21N3O4. The topological polar surface area (TPSA) is 84.7 Å². The Morgan fingerprint density at radius 3 is 2.64 bits per heavy atom. The van der Waals surface area contributed by atoms with E-state index in [1.807, 2.05) is 6.92 Å². The zero-order valence-corrected chi connectivity index (χ0v) is 12.7. The Morgan fingerprint density at radius 2 is 2.14 bits per heavy atom. The molecule has 1 N–H and O–H groups in total. The van der Waals surface area contributed by atoms with Crippen LogP contribution in [0.2, 0.25) is 0 Å². The zero-order valence-electron chi connectivity index (χ0n) is 12.7. The molecule has 1 aromatic rings. The molecule has 1 amide bonds. The molecule has 2 saturated heterocycles. The van der Waals surface area contributed by atoms with E-state index in [-0.39, 0.29) is 12.0 Å². The number of rotatable bonds is 3. The van der Waals surface area contributed by atoms with Crippen LogP contribution in [0.25, 0.3) is 0 Å². The molecule has 3 heterocycles. The van der Waals surface area contributed by atoms with Crippen LogP contribution < -0.4 is 0 Å². The number of nitrogens with zero attached hydrogens (tertiary/aromatic N) is 3. The van der Waals surface area contributed by atoms with Crippen molar-refractivity contribution in [1.29, 1.82) is 0 Å². The maximum absolute atomic E-state index is 12.4. The van der Waals surface area contributed by atoms with Crippen molar-refractivity contribution in [2.45, 2.75) is 44.2 Å². The van der Waals surface area contributed by atoms with Crippen molar-refractivity contribution in [2.75, 3.05) is 19.7 Å². The van der Waals surface area contributed by atoms with Crippen molar-refractivity contribution in [1.82, 2.24) is 14.7 Å². The number of carboxylic acids is 1. The van der Waals surface area contributed by atoms with Crippen molar-refractivity contribution < 1.29 is 19.4 Å². The zero-order chi connectivity index (χ0) is 15.7. The van der Waals surface area contributed by atoms with E-state index in [2.05, 4.69) is 5.10 Å². The van der Waals surface area contributed by atoms with Crippen LogP contribution in [0.3, 0.4) is 0 Å². The molecule has 3 rings (SSSR count). The number of piperidine rings is 1. The fourth-order valence-electron chi connectivity index (χ4n) is 3.26. The summed E-state index contributed by atoms with van der Waals surface area (Å²) in [6.07, 6.45) is 5.47. The van der Waals surface area contributed by atoms with Gasteiger partial charge >= 0.3 is 5.97 Å². The number of carbonyl (C=O) groups is 2. The van der Waals surface area contributed by atoms with Gasteiger partial charge in [0, 0.05) is 38.7 Å². The van der Waals surface area contributed by atoms with Crippen molar-refractivity contribution in [3.05, 3.63) is 18.0 Å². The molecule has 2 aliphatic rings. The first-order chi connectivity index (χ1) is 10.5. The number of aliphatic carboxylic acids is 1. The number of aromatic nitrogens is 2. The van der Waals surface area contributed by atoms with E-state index in [1.54, 1.807) is 22.0 Å². The summed E-state index contributed by atoms with van der Waals surface area (Å²) in [7, 11) is 0. The molecule has 1 atom stereocenters. The van der Waals surface area contributed by atoms with Crippen LogP contribution in [-0.2, 0) is 19.9 Å². The van der Waals surface area contributed by atoms with Gasteiger partial charge < -0.3 is 14.7 Å². The van der Waals surface area contributed by atoms with Gasteiger partial charge in [-0.2, -0.15) is 5.10 Å². The molecule has 2 fully saturated rings. The van der Waals surface area contributed by atoms with E-state index in [4.69, 9.17) is 4.74 Å². The Balaban J connectivity index is 1.73. The van der Waals surface area contributed by atoms with Crippen molar-refractivity contribution >= 4 is 11.9 Å². The summed E-state index contributed by atoms with van der Waals surface area (Å²) in [6, 6.07) is 0. The molecular weight excluding hydrogens is 286 g/mol. The Bertz CT molecular complexity index is 569. The van der Waals surface area contributed by atoms with Gasteiger partial charge in [0.25, 0.3) is 5.91 Å². The highest BCUT2D eigenvalue weighted by molar-refractivity contribution is 5.82.